The number of rotatable bonds is 5. The summed E-state index contributed by atoms with van der Waals surface area (Å²) in [7, 11) is 1.62. The van der Waals surface area contributed by atoms with E-state index in [1.165, 1.54) is 11.3 Å². The Hall–Kier alpha value is -2.24. The van der Waals surface area contributed by atoms with Crippen LogP contribution >= 0.6 is 22.9 Å². The highest BCUT2D eigenvalue weighted by Gasteiger charge is 2.16. The molecule has 0 aliphatic rings. The fourth-order valence-electron chi connectivity index (χ4n) is 2.35. The van der Waals surface area contributed by atoms with Gasteiger partial charge >= 0.3 is 0 Å². The number of nitrogens with one attached hydrogen (secondary N) is 2. The van der Waals surface area contributed by atoms with E-state index in [2.05, 4.69) is 10.3 Å². The van der Waals surface area contributed by atoms with Crippen molar-refractivity contribution in [2.75, 3.05) is 7.11 Å². The SMILES string of the molecule is COc1ccccc1-c1c[nH]cc1C(=O)NCc1ccc(Cl)s1. The lowest BCUT2D eigenvalue weighted by molar-refractivity contribution is 0.0952. The zero-order valence-corrected chi connectivity index (χ0v) is 14.0. The van der Waals surface area contributed by atoms with Gasteiger partial charge in [0.1, 0.15) is 5.75 Å². The number of halogens is 1. The summed E-state index contributed by atoms with van der Waals surface area (Å²) >= 11 is 7.36. The Balaban J connectivity index is 1.81. The molecule has 0 aliphatic carbocycles. The lowest BCUT2D eigenvalue weighted by Gasteiger charge is -2.09. The molecule has 0 unspecified atom stereocenters. The van der Waals surface area contributed by atoms with Gasteiger partial charge in [-0.2, -0.15) is 0 Å². The van der Waals surface area contributed by atoms with Gasteiger partial charge in [-0.05, 0) is 18.2 Å². The lowest BCUT2D eigenvalue weighted by Crippen LogP contribution is -2.22. The summed E-state index contributed by atoms with van der Waals surface area (Å²) in [6.07, 6.45) is 3.49. The molecular weight excluding hydrogens is 332 g/mol. The second-order valence-corrected chi connectivity index (χ2v) is 6.67. The summed E-state index contributed by atoms with van der Waals surface area (Å²) in [5.41, 5.74) is 2.27. The van der Waals surface area contributed by atoms with Crippen LogP contribution in [-0.4, -0.2) is 18.0 Å². The highest BCUT2D eigenvalue weighted by atomic mass is 35.5. The summed E-state index contributed by atoms with van der Waals surface area (Å²) < 4.78 is 6.09. The number of hydrogen-bond donors (Lipinski definition) is 2. The Kier molecular flexibility index (Phi) is 4.69. The second-order valence-electron chi connectivity index (χ2n) is 4.87. The van der Waals surface area contributed by atoms with Crippen molar-refractivity contribution in [3.8, 4) is 16.9 Å². The second kappa shape index (κ2) is 6.89. The third kappa shape index (κ3) is 3.41. The molecule has 23 heavy (non-hydrogen) atoms. The predicted octanol–water partition coefficient (Wildman–Crippen LogP) is 4.34. The van der Waals surface area contributed by atoms with Gasteiger partial charge in [0.05, 0.1) is 23.6 Å². The minimum atomic E-state index is -0.142. The van der Waals surface area contributed by atoms with E-state index in [4.69, 9.17) is 16.3 Å². The van der Waals surface area contributed by atoms with Gasteiger partial charge in [0, 0.05) is 28.4 Å². The van der Waals surface area contributed by atoms with Gasteiger partial charge in [-0.3, -0.25) is 4.79 Å². The van der Waals surface area contributed by atoms with E-state index in [1.54, 1.807) is 19.5 Å². The van der Waals surface area contributed by atoms with Crippen molar-refractivity contribution in [2.45, 2.75) is 6.54 Å². The number of H-pyrrole nitrogens is 1. The molecule has 2 heterocycles. The van der Waals surface area contributed by atoms with Crippen molar-refractivity contribution in [1.82, 2.24) is 10.3 Å². The first kappa shape index (κ1) is 15.6. The molecule has 6 heteroatoms. The third-order valence-electron chi connectivity index (χ3n) is 3.44. The van der Waals surface area contributed by atoms with Crippen LogP contribution in [0.4, 0.5) is 0 Å². The van der Waals surface area contributed by atoms with Crippen LogP contribution in [0, 0.1) is 0 Å². The van der Waals surface area contributed by atoms with Crippen LogP contribution < -0.4 is 10.1 Å². The number of carbonyl (C=O) groups is 1. The number of carbonyl (C=O) groups excluding carboxylic acids is 1. The van der Waals surface area contributed by atoms with Crippen LogP contribution in [0.3, 0.4) is 0 Å². The summed E-state index contributed by atoms with van der Waals surface area (Å²) in [5, 5.41) is 2.91. The van der Waals surface area contributed by atoms with Gasteiger partial charge in [0.25, 0.3) is 5.91 Å². The Morgan fingerprint density at radius 2 is 2.04 bits per heavy atom. The number of methoxy groups -OCH3 is 1. The molecule has 3 aromatic rings. The van der Waals surface area contributed by atoms with Gasteiger partial charge in [0.2, 0.25) is 0 Å². The molecule has 0 bridgehead atoms. The summed E-state index contributed by atoms with van der Waals surface area (Å²) in [6, 6.07) is 11.3. The molecule has 2 N–H and O–H groups in total. The van der Waals surface area contributed by atoms with E-state index < -0.39 is 0 Å². The van der Waals surface area contributed by atoms with E-state index in [-0.39, 0.29) is 5.91 Å². The average molecular weight is 347 g/mol. The number of para-hydroxylation sites is 1. The Bertz CT molecular complexity index is 825. The summed E-state index contributed by atoms with van der Waals surface area (Å²) in [6.45, 7) is 0.451. The van der Waals surface area contributed by atoms with Crippen molar-refractivity contribution >= 4 is 28.8 Å². The molecule has 0 saturated heterocycles. The van der Waals surface area contributed by atoms with Gasteiger partial charge in [-0.1, -0.05) is 29.8 Å². The lowest BCUT2D eigenvalue weighted by atomic mass is 10.0. The van der Waals surface area contributed by atoms with Crippen LogP contribution in [0.5, 0.6) is 5.75 Å². The average Bonchev–Trinajstić information content (AvgIpc) is 3.21. The monoisotopic (exact) mass is 346 g/mol. The Morgan fingerprint density at radius 1 is 1.22 bits per heavy atom. The van der Waals surface area contributed by atoms with Crippen molar-refractivity contribution < 1.29 is 9.53 Å². The Morgan fingerprint density at radius 3 is 2.78 bits per heavy atom. The van der Waals surface area contributed by atoms with Gasteiger partial charge < -0.3 is 15.0 Å². The van der Waals surface area contributed by atoms with E-state index in [0.29, 0.717) is 16.4 Å². The van der Waals surface area contributed by atoms with E-state index in [0.717, 1.165) is 21.8 Å². The number of aromatic amines is 1. The van der Waals surface area contributed by atoms with Gasteiger partial charge in [0.15, 0.2) is 0 Å². The molecule has 0 radical (unpaired) electrons. The maximum atomic E-state index is 12.5. The molecule has 4 nitrogen and oxygen atoms in total. The van der Waals surface area contributed by atoms with Crippen molar-refractivity contribution in [3.05, 3.63) is 63.6 Å². The van der Waals surface area contributed by atoms with Crippen molar-refractivity contribution in [2.24, 2.45) is 0 Å². The molecular formula is C17H15ClN2O2S. The number of aromatic nitrogens is 1. The van der Waals surface area contributed by atoms with E-state index >= 15 is 0 Å². The van der Waals surface area contributed by atoms with Crippen molar-refractivity contribution in [3.63, 3.8) is 0 Å². The largest absolute Gasteiger partial charge is 0.496 e. The van der Waals surface area contributed by atoms with Crippen LogP contribution in [0.1, 0.15) is 15.2 Å². The predicted molar refractivity (Wildman–Crippen MR) is 93.3 cm³/mol. The number of thiophene rings is 1. The molecule has 0 fully saturated rings. The third-order valence-corrected chi connectivity index (χ3v) is 4.67. The first-order valence-electron chi connectivity index (χ1n) is 7.01. The molecule has 0 saturated carbocycles. The van der Waals surface area contributed by atoms with Gasteiger partial charge in [-0.25, -0.2) is 0 Å². The normalized spacial score (nSPS) is 10.5. The molecule has 2 aromatic heterocycles. The van der Waals surface area contributed by atoms with Crippen molar-refractivity contribution in [1.29, 1.82) is 0 Å². The molecule has 118 valence electrons. The molecule has 0 atom stereocenters. The molecule has 1 amide bonds. The van der Waals surface area contributed by atoms with E-state index in [9.17, 15) is 4.79 Å². The fraction of sp³-hybridized carbons (Fsp3) is 0.118. The molecule has 1 aromatic carbocycles. The summed E-state index contributed by atoms with van der Waals surface area (Å²) in [4.78, 5) is 16.5. The number of benzene rings is 1. The van der Waals surface area contributed by atoms with Crippen LogP contribution in [0.15, 0.2) is 48.8 Å². The van der Waals surface area contributed by atoms with Crippen LogP contribution in [-0.2, 0) is 6.54 Å². The maximum absolute atomic E-state index is 12.5. The molecule has 3 rings (SSSR count). The van der Waals surface area contributed by atoms with Crippen LogP contribution in [0.25, 0.3) is 11.1 Å². The molecule has 0 spiro atoms. The first-order valence-corrected chi connectivity index (χ1v) is 8.21. The minimum absolute atomic E-state index is 0.142. The zero-order chi connectivity index (χ0) is 16.2. The Labute approximate surface area is 143 Å². The zero-order valence-electron chi connectivity index (χ0n) is 12.4. The van der Waals surface area contributed by atoms with Crippen LogP contribution in [0.2, 0.25) is 4.34 Å². The van der Waals surface area contributed by atoms with Gasteiger partial charge in [-0.15, -0.1) is 11.3 Å². The molecule has 0 aliphatic heterocycles. The highest BCUT2D eigenvalue weighted by molar-refractivity contribution is 7.16. The fourth-order valence-corrected chi connectivity index (χ4v) is 3.38. The number of hydrogen-bond acceptors (Lipinski definition) is 3. The minimum Gasteiger partial charge on any atom is -0.496 e. The number of amides is 1. The quantitative estimate of drug-likeness (QED) is 0.722. The smallest absolute Gasteiger partial charge is 0.253 e. The summed E-state index contributed by atoms with van der Waals surface area (Å²) in [5.74, 6) is 0.586. The van der Waals surface area contributed by atoms with E-state index in [1.807, 2.05) is 36.4 Å². The first-order chi connectivity index (χ1) is 11.2. The number of ether oxygens (including phenoxy) is 1. The standard InChI is InChI=1S/C17H15ClN2O2S/c1-22-15-5-3-2-4-12(15)13-9-19-10-14(13)17(21)20-8-11-6-7-16(18)23-11/h2-7,9-10,19H,8H2,1H3,(H,20,21). The highest BCUT2D eigenvalue weighted by Crippen LogP contribution is 2.32. The topological polar surface area (TPSA) is 54.1 Å². The maximum Gasteiger partial charge on any atom is 0.253 e.